The van der Waals surface area contributed by atoms with E-state index in [1.807, 2.05) is 20.8 Å². The van der Waals surface area contributed by atoms with Gasteiger partial charge in [-0.05, 0) is 112 Å². The highest BCUT2D eigenvalue weighted by atomic mass is 35.5. The Bertz CT molecular complexity index is 2990. The van der Waals surface area contributed by atoms with E-state index in [4.69, 9.17) is 11.6 Å². The van der Waals surface area contributed by atoms with Crippen molar-refractivity contribution in [3.8, 4) is 0 Å². The average molecular weight is 1360 g/mol. The summed E-state index contributed by atoms with van der Waals surface area (Å²) in [5.41, 5.74) is -2.36. The molecule has 0 aromatic heterocycles. The minimum Gasteiger partial charge on any atom is -0.343 e. The van der Waals surface area contributed by atoms with Gasteiger partial charge in [-0.3, -0.25) is 57.5 Å². The number of amides is 12. The molecule has 2 saturated carbocycles. The van der Waals surface area contributed by atoms with Gasteiger partial charge in [0.15, 0.2) is 0 Å². The molecule has 1 spiro atoms. The molecular formula is C67H102ClF3N12O12. The number of nitrogens with zero attached hydrogens (tertiary/aromatic N) is 9. The number of likely N-dealkylation sites (tertiary alicyclic amines) is 1. The number of rotatable bonds is 11. The molecular weight excluding hydrogens is 1260 g/mol. The summed E-state index contributed by atoms with van der Waals surface area (Å²) in [5, 5.41) is 8.03. The number of halogens is 4. The van der Waals surface area contributed by atoms with Gasteiger partial charge in [-0.25, -0.2) is 0 Å². The summed E-state index contributed by atoms with van der Waals surface area (Å²) in [6, 6.07) is -5.65. The van der Waals surface area contributed by atoms with Gasteiger partial charge in [0, 0.05) is 69.0 Å². The number of likely N-dealkylation sites (N-methyl/N-ethyl adjacent to an activating group) is 7. The van der Waals surface area contributed by atoms with Crippen LogP contribution in [0.4, 0.5) is 13.2 Å². The first-order valence-electron chi connectivity index (χ1n) is 33.7. The number of carbonyl (C=O) groups is 12. The van der Waals surface area contributed by atoms with E-state index in [1.54, 1.807) is 25.7 Å². The number of aryl methyl sites for hydroxylation is 1. The van der Waals surface area contributed by atoms with E-state index >= 15 is 14.4 Å². The molecule has 530 valence electrons. The SMILES string of the molecule is CC[C@H](C)[C@@H]1NC(=O)[C@H](CC(C)C)N(C)C(=O)C[C@@H](C(=O)N2CCCCC2)N(C)C(=O)[C@H](C(C)C)N(C)C(=O)C2(CCCC2)NC(=O)[C@@H]2CCCN2C(=O)[C@H](CCc2ccc(C(F)(F)F)c(Cl)c2)NC(=O)CN(C)C(=O)[C@H](CC2CC2)N(C)C(=O)CN(C)C(=O)CN(C)C1=O. The third-order valence-electron chi connectivity index (χ3n) is 19.9. The molecule has 1 aromatic rings. The first-order chi connectivity index (χ1) is 44.5. The Hall–Kier alpha value is -7.06. The molecule has 12 amide bonds. The monoisotopic (exact) mass is 1360 g/mol. The van der Waals surface area contributed by atoms with Crippen molar-refractivity contribution in [2.75, 3.05) is 88.6 Å². The van der Waals surface area contributed by atoms with Gasteiger partial charge in [-0.15, -0.1) is 0 Å². The van der Waals surface area contributed by atoms with Crippen LogP contribution in [0.25, 0.3) is 0 Å². The third-order valence-corrected chi connectivity index (χ3v) is 20.2. The molecule has 3 N–H and O–H groups in total. The predicted octanol–water partition coefficient (Wildman–Crippen LogP) is 4.33. The van der Waals surface area contributed by atoms with E-state index in [-0.39, 0.29) is 63.3 Å². The number of benzene rings is 1. The summed E-state index contributed by atoms with van der Waals surface area (Å²) >= 11 is 6.11. The molecule has 3 heterocycles. The van der Waals surface area contributed by atoms with E-state index in [9.17, 15) is 56.3 Å². The Kier molecular flexibility index (Phi) is 26.9. The van der Waals surface area contributed by atoms with Gasteiger partial charge < -0.3 is 60.0 Å². The second-order valence-electron chi connectivity index (χ2n) is 28.0. The fraction of sp³-hybridized carbons (Fsp3) is 0.731. The maximum absolute atomic E-state index is 15.4. The molecule has 1 aromatic carbocycles. The molecule has 5 fully saturated rings. The van der Waals surface area contributed by atoms with Crippen molar-refractivity contribution in [1.82, 2.24) is 60.0 Å². The highest BCUT2D eigenvalue weighted by Gasteiger charge is 2.51. The van der Waals surface area contributed by atoms with Gasteiger partial charge in [-0.2, -0.15) is 13.2 Å². The number of piperidine rings is 1. The number of fused-ring (bicyclic) bond motifs is 1. The first kappa shape index (κ1) is 77.0. The van der Waals surface area contributed by atoms with Crippen molar-refractivity contribution in [3.05, 3.63) is 34.3 Å². The summed E-state index contributed by atoms with van der Waals surface area (Å²) in [5.74, 6) is -9.14. The molecule has 2 aliphatic carbocycles. The molecule has 8 atom stereocenters. The topological polar surface area (TPSA) is 270 Å². The van der Waals surface area contributed by atoms with Crippen LogP contribution in [0.15, 0.2) is 18.2 Å². The fourth-order valence-corrected chi connectivity index (χ4v) is 13.9. The Morgan fingerprint density at radius 1 is 0.653 bits per heavy atom. The van der Waals surface area contributed by atoms with Crippen LogP contribution >= 0.6 is 11.6 Å². The molecule has 0 unspecified atom stereocenters. The number of carbonyl (C=O) groups excluding carboxylic acids is 12. The lowest BCUT2D eigenvalue weighted by Crippen LogP contribution is -2.65. The summed E-state index contributed by atoms with van der Waals surface area (Å²) in [6.45, 7) is 9.82. The Labute approximate surface area is 562 Å². The third kappa shape index (κ3) is 19.4. The Balaban J connectivity index is 1.40. The maximum atomic E-state index is 15.4. The molecule has 3 aliphatic heterocycles. The number of nitrogens with one attached hydrogen (secondary N) is 3. The Morgan fingerprint density at radius 3 is 1.84 bits per heavy atom. The van der Waals surface area contributed by atoms with Gasteiger partial charge in [-0.1, -0.05) is 91.3 Å². The van der Waals surface area contributed by atoms with E-state index in [2.05, 4.69) is 16.0 Å². The maximum Gasteiger partial charge on any atom is 0.417 e. The summed E-state index contributed by atoms with van der Waals surface area (Å²) in [6.07, 6.45) is 0.685. The van der Waals surface area contributed by atoms with Crippen molar-refractivity contribution >= 4 is 82.5 Å². The van der Waals surface area contributed by atoms with Gasteiger partial charge in [0.1, 0.15) is 47.8 Å². The van der Waals surface area contributed by atoms with Crippen LogP contribution in [0.1, 0.15) is 155 Å². The minimum atomic E-state index is -4.76. The molecule has 6 rings (SSSR count). The van der Waals surface area contributed by atoms with Crippen LogP contribution in [-0.2, 0) is 70.1 Å². The summed E-state index contributed by atoms with van der Waals surface area (Å²) in [4.78, 5) is 188. The van der Waals surface area contributed by atoms with Crippen LogP contribution in [0, 0.1) is 23.7 Å². The van der Waals surface area contributed by atoms with Gasteiger partial charge >= 0.3 is 6.18 Å². The fourth-order valence-electron chi connectivity index (χ4n) is 13.5. The quantitative estimate of drug-likeness (QED) is 0.280. The van der Waals surface area contributed by atoms with Crippen LogP contribution in [0.3, 0.4) is 0 Å². The molecule has 95 heavy (non-hydrogen) atoms. The predicted molar refractivity (Wildman–Crippen MR) is 348 cm³/mol. The molecule has 0 radical (unpaired) electrons. The highest BCUT2D eigenvalue weighted by Crippen LogP contribution is 2.38. The van der Waals surface area contributed by atoms with E-state index in [0.717, 1.165) is 46.1 Å². The number of hydrogen-bond donors (Lipinski definition) is 3. The zero-order valence-electron chi connectivity index (χ0n) is 57.8. The zero-order chi connectivity index (χ0) is 70.7. The number of alkyl halides is 3. The average Bonchev–Trinajstić information content (AvgIpc) is 1.76. The van der Waals surface area contributed by atoms with Crippen LogP contribution in [0.5, 0.6) is 0 Å². The van der Waals surface area contributed by atoms with E-state index < -0.39 is 173 Å². The lowest BCUT2D eigenvalue weighted by Gasteiger charge is -2.42. The van der Waals surface area contributed by atoms with Crippen LogP contribution < -0.4 is 16.0 Å². The zero-order valence-corrected chi connectivity index (χ0v) is 58.5. The van der Waals surface area contributed by atoms with Crippen LogP contribution in [-0.4, -0.2) is 251 Å². The summed E-state index contributed by atoms with van der Waals surface area (Å²) < 4.78 is 41.4. The summed E-state index contributed by atoms with van der Waals surface area (Å²) in [7, 11) is 9.77. The van der Waals surface area contributed by atoms with Crippen molar-refractivity contribution in [2.45, 2.75) is 205 Å². The first-order valence-corrected chi connectivity index (χ1v) is 34.1. The lowest BCUT2D eigenvalue weighted by molar-refractivity contribution is -0.156. The molecule has 3 saturated heterocycles. The smallest absolute Gasteiger partial charge is 0.343 e. The Morgan fingerprint density at radius 2 is 1.26 bits per heavy atom. The van der Waals surface area contributed by atoms with Gasteiger partial charge in [0.05, 0.1) is 36.6 Å². The van der Waals surface area contributed by atoms with E-state index in [0.29, 0.717) is 57.2 Å². The second kappa shape index (κ2) is 33.3. The second-order valence-corrected chi connectivity index (χ2v) is 28.4. The molecule has 28 heteroatoms. The molecule has 5 aliphatic rings. The largest absolute Gasteiger partial charge is 0.417 e. The van der Waals surface area contributed by atoms with Gasteiger partial charge in [0.25, 0.3) is 0 Å². The van der Waals surface area contributed by atoms with Gasteiger partial charge in [0.2, 0.25) is 70.9 Å². The highest BCUT2D eigenvalue weighted by molar-refractivity contribution is 6.31. The van der Waals surface area contributed by atoms with Crippen molar-refractivity contribution in [3.63, 3.8) is 0 Å². The van der Waals surface area contributed by atoms with Crippen LogP contribution in [0.2, 0.25) is 5.02 Å². The standard InChI is InChI=1S/C67H102ClF3N12O12/c1-14-42(6)56-63(93)77(9)38-54(86)75(7)39-55(87)79(11)50(35-44-22-23-44)61(91)76(8)37-52(84)72-47(27-25-43-24-26-45(46(68)34-43)67(69,70)71)60(90)83-32-20-21-48(83)59(89)74-66(28-16-17-29-66)65(95)81(13)57(41(4)5)64(94)80(12)51(62(92)82-30-18-15-19-31-82)36-53(85)78(10)49(33-40(2)3)58(88)73-56/h24,26,34,40-42,44,47-51,56-57H,14-23,25,27-33,35-39H2,1-13H3,(H,72,84)(H,73,88)(H,74,89)/t42-,47-,48-,49-,50-,51-,56-,57-/m0/s1. The minimum absolute atomic E-state index is 0.0314. The normalized spacial score (nSPS) is 26.2. The van der Waals surface area contributed by atoms with Crippen molar-refractivity contribution in [2.24, 2.45) is 23.7 Å². The molecule has 24 nitrogen and oxygen atoms in total. The lowest BCUT2D eigenvalue weighted by atomic mass is 9.91. The van der Waals surface area contributed by atoms with E-state index in [1.165, 1.54) is 79.9 Å². The molecule has 0 bridgehead atoms. The van der Waals surface area contributed by atoms with Crippen molar-refractivity contribution in [1.29, 1.82) is 0 Å². The van der Waals surface area contributed by atoms with Crippen molar-refractivity contribution < 1.29 is 70.7 Å². The number of hydrogen-bond acceptors (Lipinski definition) is 12.